The summed E-state index contributed by atoms with van der Waals surface area (Å²) in [5.41, 5.74) is -0.881. The SMILES string of the molecule is COCC(NC(=O)C(COC(F)F)NC(=O)OC(C)(C)C)C(=O)O. The van der Waals surface area contributed by atoms with Crippen molar-refractivity contribution >= 4 is 18.0 Å². The molecule has 0 spiro atoms. The minimum absolute atomic E-state index is 0.351. The van der Waals surface area contributed by atoms with Gasteiger partial charge in [0, 0.05) is 7.11 Å². The third kappa shape index (κ3) is 9.90. The molecule has 2 atom stereocenters. The predicted molar refractivity (Wildman–Crippen MR) is 76.6 cm³/mol. The molecule has 2 unspecified atom stereocenters. The fourth-order valence-corrected chi connectivity index (χ4v) is 1.42. The van der Waals surface area contributed by atoms with Crippen molar-refractivity contribution in [3.8, 4) is 0 Å². The van der Waals surface area contributed by atoms with Crippen LogP contribution in [0.1, 0.15) is 20.8 Å². The van der Waals surface area contributed by atoms with E-state index in [1.165, 1.54) is 7.11 Å². The van der Waals surface area contributed by atoms with E-state index in [4.69, 9.17) is 9.84 Å². The quantitative estimate of drug-likeness (QED) is 0.544. The lowest BCUT2D eigenvalue weighted by Crippen LogP contribution is -2.55. The van der Waals surface area contributed by atoms with Gasteiger partial charge in [-0.1, -0.05) is 0 Å². The van der Waals surface area contributed by atoms with Crippen LogP contribution < -0.4 is 10.6 Å². The second-order valence-electron chi connectivity index (χ2n) is 5.65. The molecule has 0 aliphatic heterocycles. The Labute approximate surface area is 137 Å². The molecule has 0 aromatic heterocycles. The van der Waals surface area contributed by atoms with E-state index in [0.717, 1.165) is 0 Å². The average molecular weight is 356 g/mol. The van der Waals surface area contributed by atoms with E-state index in [1.807, 2.05) is 5.32 Å². The molecule has 9 nitrogen and oxygen atoms in total. The lowest BCUT2D eigenvalue weighted by molar-refractivity contribution is -0.149. The van der Waals surface area contributed by atoms with Crippen molar-refractivity contribution in [2.75, 3.05) is 20.3 Å². The summed E-state index contributed by atoms with van der Waals surface area (Å²) < 4.78 is 37.9. The van der Waals surface area contributed by atoms with Crippen LogP contribution in [-0.2, 0) is 23.8 Å². The number of ether oxygens (including phenoxy) is 3. The van der Waals surface area contributed by atoms with Crippen molar-refractivity contribution < 1.29 is 42.5 Å². The Morgan fingerprint density at radius 3 is 2.08 bits per heavy atom. The summed E-state index contributed by atoms with van der Waals surface area (Å²) in [5, 5.41) is 13.0. The normalized spacial score (nSPS) is 14.0. The number of amides is 2. The largest absolute Gasteiger partial charge is 0.480 e. The first kappa shape index (κ1) is 22.0. The summed E-state index contributed by atoms with van der Waals surface area (Å²) in [6, 6.07) is -3.00. The number of hydrogen-bond donors (Lipinski definition) is 3. The summed E-state index contributed by atoms with van der Waals surface area (Å²) in [5.74, 6) is -2.43. The fourth-order valence-electron chi connectivity index (χ4n) is 1.42. The molecule has 11 heteroatoms. The number of halogens is 2. The fraction of sp³-hybridized carbons (Fsp3) is 0.769. The van der Waals surface area contributed by atoms with E-state index in [1.54, 1.807) is 20.8 Å². The number of methoxy groups -OCH3 is 1. The van der Waals surface area contributed by atoms with E-state index in [-0.39, 0.29) is 6.61 Å². The molecule has 0 saturated carbocycles. The highest BCUT2D eigenvalue weighted by Crippen LogP contribution is 2.07. The van der Waals surface area contributed by atoms with Crippen LogP contribution in [0.4, 0.5) is 13.6 Å². The third-order valence-corrected chi connectivity index (χ3v) is 2.34. The summed E-state index contributed by atoms with van der Waals surface area (Å²) in [4.78, 5) is 34.7. The second-order valence-corrected chi connectivity index (χ2v) is 5.65. The zero-order chi connectivity index (χ0) is 18.9. The van der Waals surface area contributed by atoms with Crippen LogP contribution in [0.3, 0.4) is 0 Å². The monoisotopic (exact) mass is 356 g/mol. The van der Waals surface area contributed by atoms with Gasteiger partial charge < -0.3 is 30.0 Å². The van der Waals surface area contributed by atoms with Crippen LogP contribution in [0.2, 0.25) is 0 Å². The van der Waals surface area contributed by atoms with Crippen LogP contribution in [0.5, 0.6) is 0 Å². The first-order valence-electron chi connectivity index (χ1n) is 6.87. The number of carboxylic acids is 1. The van der Waals surface area contributed by atoms with Gasteiger partial charge in [0.15, 0.2) is 6.04 Å². The molecule has 0 aliphatic carbocycles. The highest BCUT2D eigenvalue weighted by Gasteiger charge is 2.29. The summed E-state index contributed by atoms with van der Waals surface area (Å²) >= 11 is 0. The molecule has 140 valence electrons. The van der Waals surface area contributed by atoms with Gasteiger partial charge in [-0.2, -0.15) is 8.78 Å². The van der Waals surface area contributed by atoms with Gasteiger partial charge in [-0.25, -0.2) is 9.59 Å². The first-order chi connectivity index (χ1) is 11.0. The van der Waals surface area contributed by atoms with Crippen molar-refractivity contribution in [1.29, 1.82) is 0 Å². The molecule has 0 rings (SSSR count). The molecular formula is C13H22F2N2O7. The molecule has 24 heavy (non-hydrogen) atoms. The Kier molecular flexibility index (Phi) is 9.14. The molecule has 0 heterocycles. The Bertz CT molecular complexity index is 441. The molecule has 3 N–H and O–H groups in total. The molecule has 0 aromatic rings. The number of carbonyl (C=O) groups excluding carboxylic acids is 2. The van der Waals surface area contributed by atoms with E-state index in [2.05, 4.69) is 14.8 Å². The Balaban J connectivity index is 4.93. The van der Waals surface area contributed by atoms with Gasteiger partial charge in [-0.15, -0.1) is 0 Å². The predicted octanol–water partition coefficient (Wildman–Crippen LogP) is 0.335. The van der Waals surface area contributed by atoms with Gasteiger partial charge in [-0.05, 0) is 20.8 Å². The number of carbonyl (C=O) groups is 3. The lowest BCUT2D eigenvalue weighted by Gasteiger charge is -2.24. The maximum absolute atomic E-state index is 12.2. The summed E-state index contributed by atoms with van der Waals surface area (Å²) in [6.45, 7) is 0.302. The van der Waals surface area contributed by atoms with E-state index < -0.39 is 48.9 Å². The highest BCUT2D eigenvalue weighted by molar-refractivity contribution is 5.89. The number of alkyl carbamates (subject to hydrolysis) is 1. The lowest BCUT2D eigenvalue weighted by atomic mass is 10.2. The standard InChI is InChI=1S/C13H22F2N2O7/c1-13(2,3)24-12(21)17-7(6-23-11(14)15)9(18)16-8(5-22-4)10(19)20/h7-8,11H,5-6H2,1-4H3,(H,16,18)(H,17,21)(H,19,20). The van der Waals surface area contributed by atoms with Gasteiger partial charge in [0.25, 0.3) is 0 Å². The van der Waals surface area contributed by atoms with Crippen molar-refractivity contribution in [2.45, 2.75) is 45.1 Å². The average Bonchev–Trinajstić information content (AvgIpc) is 2.40. The van der Waals surface area contributed by atoms with Gasteiger partial charge >= 0.3 is 18.7 Å². The van der Waals surface area contributed by atoms with E-state index in [9.17, 15) is 23.2 Å². The molecule has 0 aliphatic rings. The highest BCUT2D eigenvalue weighted by atomic mass is 19.3. The van der Waals surface area contributed by atoms with Gasteiger partial charge in [0.2, 0.25) is 5.91 Å². The second kappa shape index (κ2) is 9.98. The summed E-state index contributed by atoms with van der Waals surface area (Å²) in [7, 11) is 1.22. The molecular weight excluding hydrogens is 334 g/mol. The van der Waals surface area contributed by atoms with Gasteiger partial charge in [0.05, 0.1) is 13.2 Å². The van der Waals surface area contributed by atoms with Crippen LogP contribution in [-0.4, -0.2) is 67.7 Å². The number of alkyl halides is 2. The van der Waals surface area contributed by atoms with Crippen molar-refractivity contribution in [2.24, 2.45) is 0 Å². The third-order valence-electron chi connectivity index (χ3n) is 2.34. The van der Waals surface area contributed by atoms with Crippen LogP contribution in [0.25, 0.3) is 0 Å². The first-order valence-corrected chi connectivity index (χ1v) is 6.87. The molecule has 2 amide bonds. The minimum Gasteiger partial charge on any atom is -0.480 e. The number of rotatable bonds is 9. The zero-order valence-electron chi connectivity index (χ0n) is 13.8. The zero-order valence-corrected chi connectivity index (χ0v) is 13.8. The summed E-state index contributed by atoms with van der Waals surface area (Å²) in [6.07, 6.45) is -1.04. The molecule has 0 radical (unpaired) electrons. The van der Waals surface area contributed by atoms with Crippen molar-refractivity contribution in [1.82, 2.24) is 10.6 Å². The number of aliphatic carboxylic acids is 1. The maximum atomic E-state index is 12.2. The minimum atomic E-state index is -3.17. The van der Waals surface area contributed by atoms with E-state index >= 15 is 0 Å². The maximum Gasteiger partial charge on any atom is 0.408 e. The molecule has 0 fully saturated rings. The van der Waals surface area contributed by atoms with E-state index in [0.29, 0.717) is 0 Å². The van der Waals surface area contributed by atoms with Crippen molar-refractivity contribution in [3.05, 3.63) is 0 Å². The Morgan fingerprint density at radius 2 is 1.67 bits per heavy atom. The van der Waals surface area contributed by atoms with Crippen molar-refractivity contribution in [3.63, 3.8) is 0 Å². The Hall–Kier alpha value is -2.01. The number of carboxylic acid groups (broad SMARTS) is 1. The van der Waals surface area contributed by atoms with Crippen LogP contribution in [0.15, 0.2) is 0 Å². The number of nitrogens with one attached hydrogen (secondary N) is 2. The smallest absolute Gasteiger partial charge is 0.408 e. The molecule has 0 aromatic carbocycles. The Morgan fingerprint density at radius 1 is 1.08 bits per heavy atom. The van der Waals surface area contributed by atoms with Gasteiger partial charge in [0.1, 0.15) is 11.6 Å². The van der Waals surface area contributed by atoms with Crippen LogP contribution in [0, 0.1) is 0 Å². The number of hydrogen-bond acceptors (Lipinski definition) is 6. The van der Waals surface area contributed by atoms with Gasteiger partial charge in [-0.3, -0.25) is 4.79 Å². The topological polar surface area (TPSA) is 123 Å². The molecule has 0 bridgehead atoms. The molecule has 0 saturated heterocycles. The van der Waals surface area contributed by atoms with Crippen LogP contribution >= 0.6 is 0 Å².